The van der Waals surface area contributed by atoms with Gasteiger partial charge in [-0.1, -0.05) is 74.0 Å². The second-order valence-electron chi connectivity index (χ2n) is 8.33. The normalized spacial score (nSPS) is 21.8. The molecule has 1 atom stereocenters. The summed E-state index contributed by atoms with van der Waals surface area (Å²) >= 11 is 0. The third kappa shape index (κ3) is 1.93. The predicted octanol–water partition coefficient (Wildman–Crippen LogP) is 5.74. The molecule has 1 aliphatic heterocycles. The average molecular weight is 336 g/mol. The van der Waals surface area contributed by atoms with Gasteiger partial charge in [0.25, 0.3) is 0 Å². The fourth-order valence-electron chi connectivity index (χ4n) is 4.62. The van der Waals surface area contributed by atoms with Crippen molar-refractivity contribution in [1.82, 2.24) is 0 Å². The van der Waals surface area contributed by atoms with E-state index < -0.39 is 5.50 Å². The zero-order valence-corrected chi connectivity index (χ0v) is 15.7. The van der Waals surface area contributed by atoms with E-state index in [0.717, 1.165) is 11.3 Å². The summed E-state index contributed by atoms with van der Waals surface area (Å²) in [6.07, 6.45) is 4.08. The number of fused-ring (bicyclic) bond motifs is 8. The van der Waals surface area contributed by atoms with E-state index in [1.165, 1.54) is 38.6 Å². The van der Waals surface area contributed by atoms with Crippen molar-refractivity contribution in [3.63, 3.8) is 0 Å². The van der Waals surface area contributed by atoms with Crippen LogP contribution in [0.25, 0.3) is 28.0 Å². The topological polar surface area (TPSA) is 9.23 Å². The van der Waals surface area contributed by atoms with E-state index in [0.29, 0.717) is 0 Å². The van der Waals surface area contributed by atoms with Crippen LogP contribution in [-0.2, 0) is 5.41 Å². The van der Waals surface area contributed by atoms with Gasteiger partial charge in [0.2, 0.25) is 0 Å². The van der Waals surface area contributed by atoms with Crippen LogP contribution in [0.15, 0.2) is 48.5 Å². The van der Waals surface area contributed by atoms with Crippen LogP contribution >= 0.6 is 0 Å². The average Bonchev–Trinajstić information content (AvgIpc) is 2.82. The van der Waals surface area contributed by atoms with Crippen LogP contribution in [-0.4, -0.2) is 13.3 Å². The van der Waals surface area contributed by atoms with Gasteiger partial charge in [-0.25, -0.2) is 0 Å². The zero-order valence-electron chi connectivity index (χ0n) is 15.7. The number of hydrogen-bond donors (Lipinski definition) is 0. The van der Waals surface area contributed by atoms with Crippen LogP contribution < -0.4 is 4.74 Å². The van der Waals surface area contributed by atoms with E-state index >= 15 is 0 Å². The van der Waals surface area contributed by atoms with Crippen molar-refractivity contribution in [2.75, 3.05) is 0 Å². The highest BCUT2D eigenvalue weighted by molar-refractivity contribution is 6.17. The minimum atomic E-state index is -0.788. The van der Waals surface area contributed by atoms with E-state index in [1.807, 2.05) is 13.0 Å². The van der Waals surface area contributed by atoms with Crippen LogP contribution in [0, 0.1) is 6.92 Å². The molecule has 0 saturated heterocycles. The maximum atomic E-state index is 6.36. The van der Waals surface area contributed by atoms with Gasteiger partial charge in [0, 0.05) is 16.5 Å². The first kappa shape index (κ1) is 15.8. The molecule has 1 nitrogen and oxygen atoms in total. The standard InChI is InChI=1S/C24H21BO/c1-14-9-10-18-19(13-14)23(2,3)21-20(18)16-8-6-5-7-15(16)17-11-12-24(4,25)26-22(17)21/h5-13H,1-4H3. The predicted molar refractivity (Wildman–Crippen MR) is 110 cm³/mol. The van der Waals surface area contributed by atoms with E-state index in [1.54, 1.807) is 0 Å². The van der Waals surface area contributed by atoms with Crippen LogP contribution in [0.2, 0.25) is 0 Å². The van der Waals surface area contributed by atoms with Crippen molar-refractivity contribution in [2.45, 2.75) is 38.6 Å². The van der Waals surface area contributed by atoms with Crippen LogP contribution in [0.4, 0.5) is 0 Å². The van der Waals surface area contributed by atoms with Gasteiger partial charge in [0.05, 0.1) is 5.50 Å². The molecule has 126 valence electrons. The van der Waals surface area contributed by atoms with Gasteiger partial charge in [-0.05, 0) is 41.3 Å². The molecule has 2 aliphatic rings. The van der Waals surface area contributed by atoms with Gasteiger partial charge in [-0.3, -0.25) is 0 Å². The molecular weight excluding hydrogens is 315 g/mol. The number of hydrogen-bond acceptors (Lipinski definition) is 1. The molecule has 0 bridgehead atoms. The second-order valence-corrected chi connectivity index (χ2v) is 8.33. The molecule has 0 amide bonds. The molecule has 26 heavy (non-hydrogen) atoms. The van der Waals surface area contributed by atoms with E-state index in [2.05, 4.69) is 69.3 Å². The second kappa shape index (κ2) is 4.82. The Bertz CT molecular complexity index is 1120. The Morgan fingerprint density at radius 1 is 0.962 bits per heavy atom. The summed E-state index contributed by atoms with van der Waals surface area (Å²) in [4.78, 5) is 0. The fourth-order valence-corrected chi connectivity index (χ4v) is 4.62. The lowest BCUT2D eigenvalue weighted by Gasteiger charge is -2.34. The Hall–Kier alpha value is -2.48. The molecule has 2 heteroatoms. The van der Waals surface area contributed by atoms with Crippen molar-refractivity contribution in [3.8, 4) is 16.9 Å². The van der Waals surface area contributed by atoms with Gasteiger partial charge < -0.3 is 4.74 Å². The molecule has 0 spiro atoms. The molecule has 0 aromatic heterocycles. The lowest BCUT2D eigenvalue weighted by molar-refractivity contribution is 0.220. The summed E-state index contributed by atoms with van der Waals surface area (Å²) in [6.45, 7) is 8.65. The number of aryl methyl sites for hydroxylation is 1. The highest BCUT2D eigenvalue weighted by Crippen LogP contribution is 2.57. The van der Waals surface area contributed by atoms with Crippen molar-refractivity contribution < 1.29 is 4.74 Å². The maximum absolute atomic E-state index is 6.36. The Morgan fingerprint density at radius 3 is 2.46 bits per heavy atom. The first-order chi connectivity index (χ1) is 12.3. The lowest BCUT2D eigenvalue weighted by atomic mass is 9.77. The van der Waals surface area contributed by atoms with Gasteiger partial charge in [0.1, 0.15) is 13.6 Å². The number of benzene rings is 3. The molecule has 0 fully saturated rings. The summed E-state index contributed by atoms with van der Waals surface area (Å²) < 4.78 is 6.36. The summed E-state index contributed by atoms with van der Waals surface area (Å²) in [5.74, 6) is 0.935. The van der Waals surface area contributed by atoms with Crippen molar-refractivity contribution >= 4 is 24.7 Å². The third-order valence-electron chi connectivity index (χ3n) is 5.85. The highest BCUT2D eigenvalue weighted by atomic mass is 16.5. The fraction of sp³-hybridized carbons (Fsp3) is 0.250. The molecule has 0 N–H and O–H groups in total. The zero-order chi connectivity index (χ0) is 18.3. The Morgan fingerprint density at radius 2 is 1.69 bits per heavy atom. The quantitative estimate of drug-likeness (QED) is 0.475. The maximum Gasteiger partial charge on any atom is 0.137 e. The number of rotatable bonds is 0. The minimum absolute atomic E-state index is 0.133. The number of ether oxygens (including phenoxy) is 1. The summed E-state index contributed by atoms with van der Waals surface area (Å²) in [5.41, 5.74) is 6.73. The SMILES string of the molecule is [B]C1(C)C=Cc2c(c3c(c4ccccc24)-c2ccc(C)cc2C3(C)C)O1. The third-order valence-corrected chi connectivity index (χ3v) is 5.85. The largest absolute Gasteiger partial charge is 0.493 e. The Labute approximate surface area is 156 Å². The Kier molecular flexibility index (Phi) is 2.92. The van der Waals surface area contributed by atoms with E-state index in [-0.39, 0.29) is 5.41 Å². The molecule has 1 unspecified atom stereocenters. The molecule has 1 aliphatic carbocycles. The van der Waals surface area contributed by atoms with Crippen LogP contribution in [0.1, 0.15) is 43.0 Å². The van der Waals surface area contributed by atoms with Gasteiger partial charge in [-0.15, -0.1) is 0 Å². The van der Waals surface area contributed by atoms with Crippen molar-refractivity contribution in [1.29, 1.82) is 0 Å². The van der Waals surface area contributed by atoms with Crippen molar-refractivity contribution in [2.24, 2.45) is 0 Å². The van der Waals surface area contributed by atoms with Crippen LogP contribution in [0.5, 0.6) is 5.75 Å². The van der Waals surface area contributed by atoms with Gasteiger partial charge in [-0.2, -0.15) is 0 Å². The summed E-state index contributed by atoms with van der Waals surface area (Å²) in [7, 11) is 6.34. The van der Waals surface area contributed by atoms with E-state index in [9.17, 15) is 0 Å². The highest BCUT2D eigenvalue weighted by Gasteiger charge is 2.42. The minimum Gasteiger partial charge on any atom is -0.493 e. The first-order valence-electron chi connectivity index (χ1n) is 9.17. The molecule has 3 aromatic rings. The summed E-state index contributed by atoms with van der Waals surface area (Å²) in [5, 5.41) is 2.50. The summed E-state index contributed by atoms with van der Waals surface area (Å²) in [6, 6.07) is 15.4. The first-order valence-corrected chi connectivity index (χ1v) is 9.17. The molecule has 2 radical (unpaired) electrons. The smallest absolute Gasteiger partial charge is 0.137 e. The molecule has 1 heterocycles. The lowest BCUT2D eigenvalue weighted by Crippen LogP contribution is -2.33. The molecule has 3 aromatic carbocycles. The Balaban J connectivity index is 2.00. The molecular formula is C24H21BO. The monoisotopic (exact) mass is 336 g/mol. The molecule has 0 saturated carbocycles. The van der Waals surface area contributed by atoms with Crippen molar-refractivity contribution in [3.05, 3.63) is 70.8 Å². The van der Waals surface area contributed by atoms with E-state index in [4.69, 9.17) is 12.6 Å². The molecule has 5 rings (SSSR count). The van der Waals surface area contributed by atoms with Crippen LogP contribution in [0.3, 0.4) is 0 Å². The van der Waals surface area contributed by atoms with Gasteiger partial charge in [0.15, 0.2) is 0 Å². The van der Waals surface area contributed by atoms with Gasteiger partial charge >= 0.3 is 0 Å².